The first kappa shape index (κ1) is 85.5. The molecule has 0 aromatic heterocycles. The van der Waals surface area contributed by atoms with Crippen LogP contribution >= 0.6 is 0 Å². The topological polar surface area (TPSA) is 394 Å². The van der Waals surface area contributed by atoms with Crippen LogP contribution in [0.1, 0.15) is 233 Å². The van der Waals surface area contributed by atoms with E-state index in [0.717, 1.165) is 116 Å². The number of ketones is 1. The highest BCUT2D eigenvalue weighted by atomic mass is 16.7. The first-order valence-electron chi connectivity index (χ1n) is 36.0. The average molecular weight is 1360 g/mol. The smallest absolute Gasteiger partial charge is 0.407 e. The van der Waals surface area contributed by atoms with Crippen molar-refractivity contribution in [2.24, 2.45) is 23.2 Å². The summed E-state index contributed by atoms with van der Waals surface area (Å²) in [5.41, 5.74) is -0.200. The summed E-state index contributed by atoms with van der Waals surface area (Å²) in [5.74, 6) is -1.72. The third-order valence-electron chi connectivity index (χ3n) is 18.8. The molecule has 3 aliphatic heterocycles. The van der Waals surface area contributed by atoms with Crippen LogP contribution in [0.15, 0.2) is 0 Å². The van der Waals surface area contributed by atoms with E-state index in [0.29, 0.717) is 96.7 Å². The van der Waals surface area contributed by atoms with Crippen molar-refractivity contribution in [2.75, 3.05) is 72.5 Å². The fourth-order valence-corrected chi connectivity index (χ4v) is 12.4. The fraction of sp³-hybridized carbons (Fsp3) is 0.913. The predicted octanol–water partition coefficient (Wildman–Crippen LogP) is 5.39. The average Bonchev–Trinajstić information content (AvgIpc) is 0.851. The molecule has 15 unspecified atom stereocenters. The van der Waals surface area contributed by atoms with Crippen LogP contribution in [0.3, 0.4) is 0 Å². The van der Waals surface area contributed by atoms with E-state index in [1.807, 2.05) is 6.92 Å². The Morgan fingerprint density at radius 1 is 0.368 bits per heavy atom. The summed E-state index contributed by atoms with van der Waals surface area (Å²) in [6, 6.07) is 0. The SMILES string of the molecule is CC1C(CCCCC(=O)CCCCCCCNC(=O)OCCCC(C)(CCCOC(=O)CCCCCCCNC(=O)CCCOC2OC(CO)C(O)C(O)C2C)CCCOC(=O)CCCCCCCNC(=O)CCCOC2OC(CO)C(O)C(O)C2C)OC(CO)C(O)C1O. The molecule has 3 aliphatic rings. The monoisotopic (exact) mass is 1360 g/mol. The number of aliphatic hydroxyl groups is 9. The molecule has 26 heteroatoms. The number of alkyl carbamates (subject to hydrolysis) is 1. The second kappa shape index (κ2) is 50.6. The number of hydrogen-bond donors (Lipinski definition) is 12. The highest BCUT2D eigenvalue weighted by molar-refractivity contribution is 5.78. The summed E-state index contributed by atoms with van der Waals surface area (Å²) in [4.78, 5) is 75.1. The molecule has 3 fully saturated rings. The van der Waals surface area contributed by atoms with Gasteiger partial charge in [0, 0.05) is 75.9 Å². The first-order valence-corrected chi connectivity index (χ1v) is 36.0. The number of hydrogen-bond acceptors (Lipinski definition) is 23. The van der Waals surface area contributed by atoms with Gasteiger partial charge >= 0.3 is 18.0 Å². The molecule has 3 saturated heterocycles. The maximum atomic E-state index is 12.7. The van der Waals surface area contributed by atoms with Crippen LogP contribution in [0.25, 0.3) is 0 Å². The van der Waals surface area contributed by atoms with Crippen molar-refractivity contribution in [1.29, 1.82) is 0 Å². The van der Waals surface area contributed by atoms with Crippen molar-refractivity contribution in [3.05, 3.63) is 0 Å². The second-order valence-electron chi connectivity index (χ2n) is 27.0. The third-order valence-corrected chi connectivity index (χ3v) is 18.8. The molecule has 0 saturated carbocycles. The summed E-state index contributed by atoms with van der Waals surface area (Å²) in [7, 11) is 0. The van der Waals surface area contributed by atoms with E-state index in [2.05, 4.69) is 22.9 Å². The molecule has 554 valence electrons. The molecule has 0 radical (unpaired) electrons. The third kappa shape index (κ3) is 35.7. The largest absolute Gasteiger partial charge is 0.466 e. The van der Waals surface area contributed by atoms with Gasteiger partial charge in [0.05, 0.1) is 77.3 Å². The molecule has 0 aromatic rings. The number of amides is 3. The van der Waals surface area contributed by atoms with Gasteiger partial charge in [-0.25, -0.2) is 4.79 Å². The molecular weight excluding hydrogens is 1240 g/mol. The van der Waals surface area contributed by atoms with Crippen molar-refractivity contribution < 1.29 is 113 Å². The highest BCUT2D eigenvalue weighted by Gasteiger charge is 2.44. The number of carbonyl (C=O) groups is 6. The Bertz CT molecular complexity index is 1850. The molecule has 95 heavy (non-hydrogen) atoms. The summed E-state index contributed by atoms with van der Waals surface area (Å²) >= 11 is 0. The lowest BCUT2D eigenvalue weighted by Crippen LogP contribution is -2.55. The van der Waals surface area contributed by atoms with Crippen molar-refractivity contribution in [3.8, 4) is 0 Å². The van der Waals surface area contributed by atoms with Crippen LogP contribution in [0, 0.1) is 23.2 Å². The van der Waals surface area contributed by atoms with Crippen LogP contribution < -0.4 is 16.0 Å². The molecule has 0 aliphatic carbocycles. The van der Waals surface area contributed by atoms with Gasteiger partial charge in [0.25, 0.3) is 0 Å². The normalized spacial score (nSPS) is 26.7. The number of rotatable bonds is 54. The van der Waals surface area contributed by atoms with E-state index in [1.165, 1.54) is 0 Å². The second-order valence-corrected chi connectivity index (χ2v) is 27.0. The number of Topliss-reactive ketones (excluding diaryl/α,β-unsaturated/α-hetero) is 1. The summed E-state index contributed by atoms with van der Waals surface area (Å²) in [6.07, 6.45) is 10.4. The Balaban J connectivity index is 1.26. The number of aliphatic hydroxyl groups excluding tert-OH is 9. The summed E-state index contributed by atoms with van der Waals surface area (Å²) < 4.78 is 45.1. The lowest BCUT2D eigenvalue weighted by Gasteiger charge is -2.41. The zero-order valence-corrected chi connectivity index (χ0v) is 57.8. The van der Waals surface area contributed by atoms with Gasteiger partial charge < -0.3 is 99.8 Å². The number of nitrogens with one attached hydrogen (secondary N) is 3. The highest BCUT2D eigenvalue weighted by Crippen LogP contribution is 2.35. The van der Waals surface area contributed by atoms with E-state index in [4.69, 9.17) is 37.9 Å². The summed E-state index contributed by atoms with van der Waals surface area (Å²) in [6.45, 7) is 8.89. The fourth-order valence-electron chi connectivity index (χ4n) is 12.4. The maximum Gasteiger partial charge on any atom is 0.407 e. The van der Waals surface area contributed by atoms with Gasteiger partial charge in [-0.15, -0.1) is 0 Å². The van der Waals surface area contributed by atoms with Crippen molar-refractivity contribution in [2.45, 2.75) is 307 Å². The van der Waals surface area contributed by atoms with E-state index >= 15 is 0 Å². The minimum Gasteiger partial charge on any atom is -0.466 e. The number of unbranched alkanes of at least 4 members (excludes halogenated alkanes) is 13. The Hall–Kier alpha value is -3.74. The predicted molar refractivity (Wildman–Crippen MR) is 351 cm³/mol. The lowest BCUT2D eigenvalue weighted by atomic mass is 9.77. The minimum atomic E-state index is -1.20. The quantitative estimate of drug-likeness (QED) is 0.0206. The molecule has 12 N–H and O–H groups in total. The van der Waals surface area contributed by atoms with Crippen LogP contribution in [0.2, 0.25) is 0 Å². The van der Waals surface area contributed by atoms with Gasteiger partial charge in [0.15, 0.2) is 12.6 Å². The zero-order valence-electron chi connectivity index (χ0n) is 57.8. The van der Waals surface area contributed by atoms with Crippen LogP contribution in [-0.4, -0.2) is 228 Å². The van der Waals surface area contributed by atoms with E-state index in [9.17, 15) is 74.7 Å². The van der Waals surface area contributed by atoms with E-state index in [1.54, 1.807) is 13.8 Å². The van der Waals surface area contributed by atoms with Crippen molar-refractivity contribution in [1.82, 2.24) is 16.0 Å². The Morgan fingerprint density at radius 3 is 1.16 bits per heavy atom. The van der Waals surface area contributed by atoms with Gasteiger partial charge in [0.1, 0.15) is 42.4 Å². The molecular formula is C69H125N3O23. The van der Waals surface area contributed by atoms with Gasteiger partial charge in [-0.1, -0.05) is 91.9 Å². The molecule has 0 aromatic carbocycles. The van der Waals surface area contributed by atoms with Gasteiger partial charge in [0.2, 0.25) is 11.8 Å². The minimum absolute atomic E-state index is 0.0964. The molecule has 3 heterocycles. The van der Waals surface area contributed by atoms with Crippen LogP contribution in [0.4, 0.5) is 4.79 Å². The summed E-state index contributed by atoms with van der Waals surface area (Å²) in [5, 5.41) is 97.8. The number of ether oxygens (including phenoxy) is 8. The Morgan fingerprint density at radius 2 is 0.726 bits per heavy atom. The Labute approximate surface area is 564 Å². The van der Waals surface area contributed by atoms with Crippen LogP contribution in [0.5, 0.6) is 0 Å². The standard InChI is InChI=1S/C69H125N3O23/c1-48-52(93-53(45-73)63(84)60(48)81)29-18-17-28-51(76)27-14-8-5-13-21-39-72-68(87)92-44-26-36-69(4,34-24-42-88-58(79)32-15-9-6-11-19-37-70-56(77)30-22-40-90-66-49(2)61(82)64(85)54(46-74)94-66)35-25-43-89-59(80)33-16-10-7-12-20-38-71-57(78)31-23-41-91-67-50(3)62(83)65(86)55(47-75)95-67/h48-50,52-55,60-67,73-75,81-86H,5-47H2,1-4H3,(H,70,77)(H,71,78)(H,72,87). The molecule has 3 amide bonds. The Kier molecular flexibility index (Phi) is 45.5. The number of carbonyl (C=O) groups excluding carboxylic acids is 6. The van der Waals surface area contributed by atoms with Gasteiger partial charge in [-0.3, -0.25) is 24.0 Å². The molecule has 0 bridgehead atoms. The van der Waals surface area contributed by atoms with Gasteiger partial charge in [-0.2, -0.15) is 0 Å². The lowest BCUT2D eigenvalue weighted by molar-refractivity contribution is -0.282. The van der Waals surface area contributed by atoms with Crippen molar-refractivity contribution >= 4 is 35.6 Å². The van der Waals surface area contributed by atoms with E-state index < -0.39 is 98.7 Å². The van der Waals surface area contributed by atoms with E-state index in [-0.39, 0.29) is 99.5 Å². The first-order chi connectivity index (χ1) is 45.6. The molecule has 15 atom stereocenters. The molecule has 0 spiro atoms. The van der Waals surface area contributed by atoms with Crippen LogP contribution in [-0.2, 0) is 61.9 Å². The molecule has 3 rings (SSSR count). The van der Waals surface area contributed by atoms with Crippen molar-refractivity contribution in [3.63, 3.8) is 0 Å². The maximum absolute atomic E-state index is 12.7. The zero-order chi connectivity index (χ0) is 69.8. The molecule has 26 nitrogen and oxygen atoms in total. The number of esters is 2. The van der Waals surface area contributed by atoms with Gasteiger partial charge in [-0.05, 0) is 108 Å².